The van der Waals surface area contributed by atoms with E-state index >= 15 is 0 Å². The Morgan fingerprint density at radius 1 is 0.703 bits per heavy atom. The largest absolute Gasteiger partial charge is 0.744 e. The van der Waals surface area contributed by atoms with Gasteiger partial charge in [-0.25, -0.2) is 18.0 Å². The maximum atomic E-state index is 13.4. The summed E-state index contributed by atoms with van der Waals surface area (Å²) in [5.74, 6) is -1.70. The molecule has 0 fully saturated rings. The van der Waals surface area contributed by atoms with Crippen LogP contribution in [0.15, 0.2) is 60.5 Å². The minimum absolute atomic E-state index is 0.0361. The molecule has 0 saturated carbocycles. The lowest BCUT2D eigenvalue weighted by atomic mass is 10.1. The molecular formula is C20H4Br7I2O7S-. The normalized spacial score (nSPS) is 11.4. The Hall–Kier alpha value is 1.33. The van der Waals surface area contributed by atoms with Gasteiger partial charge >= 0.3 is 11.9 Å². The molecule has 3 aromatic carbocycles. The van der Waals surface area contributed by atoms with Gasteiger partial charge in [-0.05, 0) is 165 Å². The van der Waals surface area contributed by atoms with Gasteiger partial charge < -0.3 is 14.0 Å². The maximum Gasteiger partial charge on any atom is 0.345 e. The average molecular weight is 1200 g/mol. The summed E-state index contributed by atoms with van der Waals surface area (Å²) >= 11 is 26.8. The van der Waals surface area contributed by atoms with E-state index in [0.717, 1.165) is 4.47 Å². The first kappa shape index (κ1) is 32.8. The smallest absolute Gasteiger partial charge is 0.345 e. The number of esters is 2. The van der Waals surface area contributed by atoms with Gasteiger partial charge in [0.1, 0.15) is 15.9 Å². The molecule has 0 spiro atoms. The highest BCUT2D eigenvalue weighted by molar-refractivity contribution is 14.1. The number of hydrogen-bond donors (Lipinski definition) is 0. The number of ether oxygens (including phenoxy) is 2. The summed E-state index contributed by atoms with van der Waals surface area (Å²) in [5.41, 5.74) is -0.335. The molecule has 17 heteroatoms. The molecule has 0 saturated heterocycles. The second kappa shape index (κ2) is 13.1. The molecule has 0 N–H and O–H groups in total. The quantitative estimate of drug-likeness (QED) is 0.0626. The van der Waals surface area contributed by atoms with Crippen molar-refractivity contribution < 1.29 is 32.0 Å². The first-order chi connectivity index (χ1) is 17.0. The molecule has 0 radical (unpaired) electrons. The van der Waals surface area contributed by atoms with Crippen LogP contribution in [0.3, 0.4) is 0 Å². The van der Waals surface area contributed by atoms with Crippen molar-refractivity contribution in [1.29, 1.82) is 0 Å². The van der Waals surface area contributed by atoms with Crippen molar-refractivity contribution in [3.63, 3.8) is 0 Å². The van der Waals surface area contributed by atoms with Gasteiger partial charge in [-0.3, -0.25) is 0 Å². The van der Waals surface area contributed by atoms with Crippen LogP contribution in [0.4, 0.5) is 0 Å². The molecule has 0 heterocycles. The van der Waals surface area contributed by atoms with Crippen molar-refractivity contribution >= 4 is 179 Å². The fourth-order valence-corrected chi connectivity index (χ4v) is 11.6. The lowest BCUT2D eigenvalue weighted by Crippen LogP contribution is -2.20. The predicted molar refractivity (Wildman–Crippen MR) is 177 cm³/mol. The molecule has 0 aliphatic heterocycles. The van der Waals surface area contributed by atoms with Crippen molar-refractivity contribution in [2.75, 3.05) is 0 Å². The topological polar surface area (TPSA) is 110 Å². The van der Waals surface area contributed by atoms with Crippen LogP contribution in [-0.4, -0.2) is 24.9 Å². The highest BCUT2D eigenvalue weighted by Crippen LogP contribution is 2.44. The third kappa shape index (κ3) is 7.40. The van der Waals surface area contributed by atoms with Crippen LogP contribution in [0.1, 0.15) is 20.7 Å². The van der Waals surface area contributed by atoms with E-state index < -0.39 is 27.0 Å². The number of benzene rings is 3. The van der Waals surface area contributed by atoms with E-state index in [9.17, 15) is 22.6 Å². The predicted octanol–water partition coefficient (Wildman–Crippen LogP) is 9.58. The van der Waals surface area contributed by atoms with Crippen LogP contribution in [-0.2, 0) is 10.1 Å². The van der Waals surface area contributed by atoms with Crippen LogP contribution in [0.2, 0.25) is 0 Å². The van der Waals surface area contributed by atoms with Gasteiger partial charge in [0.2, 0.25) is 0 Å². The van der Waals surface area contributed by atoms with E-state index in [1.165, 1.54) is 12.1 Å². The van der Waals surface area contributed by atoms with Crippen LogP contribution in [0.5, 0.6) is 11.5 Å². The lowest BCUT2D eigenvalue weighted by Gasteiger charge is -2.17. The molecule has 0 aliphatic rings. The highest BCUT2D eigenvalue weighted by Gasteiger charge is 2.31. The molecular weight excluding hydrogens is 1200 g/mol. The third-order valence-corrected chi connectivity index (χ3v) is 14.0. The molecule has 0 aromatic heterocycles. The Morgan fingerprint density at radius 3 is 1.51 bits per heavy atom. The van der Waals surface area contributed by atoms with E-state index in [1.54, 1.807) is 57.3 Å². The van der Waals surface area contributed by atoms with Gasteiger partial charge in [-0.2, -0.15) is 0 Å². The molecule has 0 amide bonds. The van der Waals surface area contributed by atoms with Gasteiger partial charge in [0.25, 0.3) is 0 Å². The summed E-state index contributed by atoms with van der Waals surface area (Å²) in [4.78, 5) is 26.4. The highest BCUT2D eigenvalue weighted by atomic mass is 127. The minimum Gasteiger partial charge on any atom is -0.744 e. The Balaban J connectivity index is 2.12. The number of hydrogen-bond acceptors (Lipinski definition) is 7. The van der Waals surface area contributed by atoms with Crippen molar-refractivity contribution in [3.05, 3.63) is 73.8 Å². The number of carbonyl (C=O) groups excluding carboxylic acids is 2. The molecule has 0 atom stereocenters. The molecule has 0 bridgehead atoms. The maximum absolute atomic E-state index is 13.4. The Morgan fingerprint density at radius 2 is 1.11 bits per heavy atom. The van der Waals surface area contributed by atoms with E-state index in [1.807, 2.05) is 0 Å². The zero-order chi connectivity index (χ0) is 28.0. The van der Waals surface area contributed by atoms with Crippen molar-refractivity contribution in [2.45, 2.75) is 4.90 Å². The van der Waals surface area contributed by atoms with Crippen LogP contribution in [0.25, 0.3) is 0 Å². The Labute approximate surface area is 296 Å². The number of carbonyl (C=O) groups is 2. The van der Waals surface area contributed by atoms with E-state index in [-0.39, 0.29) is 38.7 Å². The molecule has 3 aromatic rings. The lowest BCUT2D eigenvalue weighted by molar-refractivity contribution is 0.0688. The summed E-state index contributed by atoms with van der Waals surface area (Å²) in [6.45, 7) is 0. The van der Waals surface area contributed by atoms with Gasteiger partial charge in [0.15, 0.2) is 5.75 Å². The minimum atomic E-state index is -4.74. The van der Waals surface area contributed by atoms with E-state index in [0.29, 0.717) is 17.9 Å². The monoisotopic (exact) mass is 1190 g/mol. The molecule has 0 aliphatic carbocycles. The molecule has 37 heavy (non-hydrogen) atoms. The SMILES string of the molecule is O=C(Oc1cc(I)c(S(=O)(=O)[O-])c(I)c1)c1c(Br)c(Br)c(Br)c(Br)c1C(=O)Oc1c(Br)cc(Br)cc1Br. The van der Waals surface area contributed by atoms with Crippen LogP contribution < -0.4 is 9.47 Å². The van der Waals surface area contributed by atoms with Crippen molar-refractivity contribution in [1.82, 2.24) is 0 Å². The van der Waals surface area contributed by atoms with E-state index in [4.69, 9.17) is 9.47 Å². The molecule has 0 unspecified atom stereocenters. The van der Waals surface area contributed by atoms with Gasteiger partial charge in [-0.15, -0.1) is 0 Å². The average Bonchev–Trinajstić information content (AvgIpc) is 2.75. The molecule has 196 valence electrons. The first-order valence-electron chi connectivity index (χ1n) is 8.94. The second-order valence-corrected chi connectivity index (χ2v) is 16.1. The first-order valence-corrected chi connectivity index (χ1v) is 18.1. The Bertz CT molecular complexity index is 1550. The van der Waals surface area contributed by atoms with E-state index in [2.05, 4.69) is 112 Å². The van der Waals surface area contributed by atoms with Gasteiger partial charge in [-0.1, -0.05) is 15.9 Å². The summed E-state index contributed by atoms with van der Waals surface area (Å²) in [6.07, 6.45) is 0. The van der Waals surface area contributed by atoms with Crippen LogP contribution in [0, 0.1) is 7.14 Å². The fourth-order valence-electron chi connectivity index (χ4n) is 2.78. The number of halogens is 9. The fraction of sp³-hybridized carbons (Fsp3) is 0. The summed E-state index contributed by atoms with van der Waals surface area (Å²) in [6, 6.07) is 5.83. The van der Waals surface area contributed by atoms with Gasteiger partial charge in [0, 0.05) is 29.5 Å². The Kier molecular flexibility index (Phi) is 11.6. The zero-order valence-corrected chi connectivity index (χ0v) is 33.2. The van der Waals surface area contributed by atoms with Crippen molar-refractivity contribution in [2.24, 2.45) is 0 Å². The number of rotatable bonds is 5. The summed E-state index contributed by atoms with van der Waals surface area (Å²) < 4.78 is 48.9. The standard InChI is InChI=1S/C20H5Br7I2O7S/c21-5-1-7(22)17(8(23)2-5)36-20(31)12-11(13(24)15(26)16(27)14(12)25)19(30)35-6-3-9(28)18(10(29)4-6)37(32,33)34/h1-4H,(H,32,33,34)/p-1. The summed E-state index contributed by atoms with van der Waals surface area (Å²) in [7, 11) is -4.74. The molecule has 7 nitrogen and oxygen atoms in total. The third-order valence-electron chi connectivity index (χ3n) is 4.27. The zero-order valence-electron chi connectivity index (χ0n) is 17.0. The molecule has 3 rings (SSSR count). The second-order valence-electron chi connectivity index (χ2n) is 6.65. The van der Waals surface area contributed by atoms with Gasteiger partial charge in [0.05, 0.1) is 25.0 Å². The summed E-state index contributed by atoms with van der Waals surface area (Å²) in [5, 5.41) is 0. The van der Waals surface area contributed by atoms with Crippen LogP contribution >= 0.6 is 157 Å². The van der Waals surface area contributed by atoms with Crippen molar-refractivity contribution in [3.8, 4) is 11.5 Å².